The van der Waals surface area contributed by atoms with Crippen LogP contribution in [0.3, 0.4) is 0 Å². The number of hydrogen-bond acceptors (Lipinski definition) is 2. The van der Waals surface area contributed by atoms with Crippen molar-refractivity contribution in [2.45, 2.75) is 26.2 Å². The Hall–Kier alpha value is -1.38. The molecule has 0 amide bonds. The van der Waals surface area contributed by atoms with Gasteiger partial charge < -0.3 is 0 Å². The van der Waals surface area contributed by atoms with E-state index in [2.05, 4.69) is 35.1 Å². The van der Waals surface area contributed by atoms with E-state index in [9.17, 15) is 0 Å². The molecule has 3 heteroatoms. The number of rotatable bonds is 0. The average Bonchev–Trinajstić information content (AvgIpc) is 2.48. The van der Waals surface area contributed by atoms with E-state index in [0.717, 1.165) is 5.52 Å². The highest BCUT2D eigenvalue weighted by atomic mass is 15.0. The van der Waals surface area contributed by atoms with E-state index in [4.69, 9.17) is 0 Å². The summed E-state index contributed by atoms with van der Waals surface area (Å²) in [5.41, 5.74) is 2.34. The highest BCUT2D eigenvalue weighted by Gasteiger charge is 2.17. The van der Waals surface area contributed by atoms with E-state index < -0.39 is 0 Å². The van der Waals surface area contributed by atoms with Crippen molar-refractivity contribution in [3.8, 4) is 0 Å². The van der Waals surface area contributed by atoms with Gasteiger partial charge in [0.2, 0.25) is 0 Å². The number of aromatic nitrogens is 3. The second-order valence-electron chi connectivity index (χ2n) is 4.23. The fourth-order valence-electron chi connectivity index (χ4n) is 1.40. The van der Waals surface area contributed by atoms with Crippen molar-refractivity contribution in [2.24, 2.45) is 0 Å². The molecule has 0 aliphatic heterocycles. The van der Waals surface area contributed by atoms with Gasteiger partial charge >= 0.3 is 0 Å². The Morgan fingerprint density at radius 3 is 2.46 bits per heavy atom. The second-order valence-corrected chi connectivity index (χ2v) is 4.23. The van der Waals surface area contributed by atoms with Crippen molar-refractivity contribution in [3.05, 3.63) is 30.6 Å². The first kappa shape index (κ1) is 8.23. The molecule has 0 saturated carbocycles. The fraction of sp³-hybridized carbons (Fsp3) is 0.400. The molecule has 68 valence electrons. The van der Waals surface area contributed by atoms with Gasteiger partial charge in [-0.25, -0.2) is 4.98 Å². The van der Waals surface area contributed by atoms with Gasteiger partial charge in [0.25, 0.3) is 0 Å². The predicted molar refractivity (Wildman–Crippen MR) is 51.7 cm³/mol. The third kappa shape index (κ3) is 1.30. The number of hydrogen-bond donors (Lipinski definition) is 0. The number of imidazole rings is 1. The van der Waals surface area contributed by atoms with Crippen molar-refractivity contribution >= 4 is 5.52 Å². The van der Waals surface area contributed by atoms with Gasteiger partial charge in [-0.1, -0.05) is 20.8 Å². The summed E-state index contributed by atoms with van der Waals surface area (Å²) in [6.45, 7) is 6.51. The molecular formula is C10H13N3. The van der Waals surface area contributed by atoms with Crippen molar-refractivity contribution in [1.82, 2.24) is 14.4 Å². The van der Waals surface area contributed by atoms with Crippen LogP contribution >= 0.6 is 0 Å². The maximum atomic E-state index is 4.19. The lowest BCUT2D eigenvalue weighted by Crippen LogP contribution is -2.16. The molecule has 0 saturated heterocycles. The van der Waals surface area contributed by atoms with Gasteiger partial charge in [0.1, 0.15) is 0 Å². The van der Waals surface area contributed by atoms with Crippen LogP contribution in [0.1, 0.15) is 26.5 Å². The Kier molecular flexibility index (Phi) is 1.62. The first-order valence-electron chi connectivity index (χ1n) is 4.35. The van der Waals surface area contributed by atoms with Gasteiger partial charge in [-0.05, 0) is 0 Å². The van der Waals surface area contributed by atoms with Crippen LogP contribution in [-0.4, -0.2) is 14.4 Å². The molecule has 0 unspecified atom stereocenters. The third-order valence-corrected chi connectivity index (χ3v) is 2.10. The lowest BCUT2D eigenvalue weighted by molar-refractivity contribution is 0.557. The quantitative estimate of drug-likeness (QED) is 0.613. The molecule has 13 heavy (non-hydrogen) atoms. The summed E-state index contributed by atoms with van der Waals surface area (Å²) < 4.78 is 2.08. The summed E-state index contributed by atoms with van der Waals surface area (Å²) in [6.07, 6.45) is 7.37. The van der Waals surface area contributed by atoms with Gasteiger partial charge in [-0.3, -0.25) is 9.38 Å². The molecule has 0 N–H and O–H groups in total. The first-order chi connectivity index (χ1) is 6.09. The van der Waals surface area contributed by atoms with Crippen LogP contribution in [0.25, 0.3) is 5.52 Å². The van der Waals surface area contributed by atoms with Crippen LogP contribution < -0.4 is 0 Å². The predicted octanol–water partition coefficient (Wildman–Crippen LogP) is 2.03. The highest BCUT2D eigenvalue weighted by molar-refractivity contribution is 5.43. The average molecular weight is 175 g/mol. The minimum atomic E-state index is 0.104. The molecule has 0 radical (unpaired) electrons. The van der Waals surface area contributed by atoms with Crippen LogP contribution in [0.15, 0.2) is 24.9 Å². The zero-order chi connectivity index (χ0) is 9.47. The molecule has 2 heterocycles. The molecule has 0 atom stereocenters. The Bertz CT molecular complexity index is 423. The van der Waals surface area contributed by atoms with Crippen molar-refractivity contribution in [1.29, 1.82) is 0 Å². The Morgan fingerprint density at radius 2 is 1.77 bits per heavy atom. The topological polar surface area (TPSA) is 30.2 Å². The van der Waals surface area contributed by atoms with E-state index in [0.29, 0.717) is 0 Å². The molecule has 0 bridgehead atoms. The summed E-state index contributed by atoms with van der Waals surface area (Å²) in [7, 11) is 0. The summed E-state index contributed by atoms with van der Waals surface area (Å²) >= 11 is 0. The standard InChI is InChI=1S/C10H13N3/c1-10(2,3)9-6-11-4-8-5-12-7-13(8)9/h4-7H,1-3H3. The van der Waals surface area contributed by atoms with Crippen molar-refractivity contribution in [2.75, 3.05) is 0 Å². The molecule has 0 fully saturated rings. The Labute approximate surface area is 77.4 Å². The smallest absolute Gasteiger partial charge is 0.0995 e. The minimum Gasteiger partial charge on any atom is -0.300 e. The third-order valence-electron chi connectivity index (χ3n) is 2.10. The molecule has 2 aromatic heterocycles. The Morgan fingerprint density at radius 1 is 1.08 bits per heavy atom. The van der Waals surface area contributed by atoms with Crippen LogP contribution in [0.5, 0.6) is 0 Å². The summed E-state index contributed by atoms with van der Waals surface area (Å²) in [4.78, 5) is 8.29. The van der Waals surface area contributed by atoms with Gasteiger partial charge in [-0.2, -0.15) is 0 Å². The molecule has 0 aromatic carbocycles. The molecule has 2 rings (SSSR count). The van der Waals surface area contributed by atoms with Crippen LogP contribution in [0.2, 0.25) is 0 Å². The zero-order valence-electron chi connectivity index (χ0n) is 8.15. The number of nitrogens with zero attached hydrogens (tertiary/aromatic N) is 3. The van der Waals surface area contributed by atoms with Gasteiger partial charge in [0.05, 0.1) is 24.2 Å². The molecule has 0 aliphatic carbocycles. The van der Waals surface area contributed by atoms with E-state index in [1.165, 1.54) is 5.69 Å². The highest BCUT2D eigenvalue weighted by Crippen LogP contribution is 2.21. The second kappa shape index (κ2) is 2.55. The van der Waals surface area contributed by atoms with Gasteiger partial charge in [0.15, 0.2) is 0 Å². The largest absolute Gasteiger partial charge is 0.300 e. The van der Waals surface area contributed by atoms with Gasteiger partial charge in [0, 0.05) is 17.3 Å². The van der Waals surface area contributed by atoms with E-state index in [-0.39, 0.29) is 5.41 Å². The lowest BCUT2D eigenvalue weighted by Gasteiger charge is -2.19. The summed E-state index contributed by atoms with van der Waals surface area (Å²) in [6, 6.07) is 0. The maximum Gasteiger partial charge on any atom is 0.0995 e. The zero-order valence-corrected chi connectivity index (χ0v) is 8.15. The molecule has 0 spiro atoms. The normalized spacial score (nSPS) is 12.2. The first-order valence-corrected chi connectivity index (χ1v) is 4.35. The van der Waals surface area contributed by atoms with Crippen molar-refractivity contribution in [3.63, 3.8) is 0 Å². The van der Waals surface area contributed by atoms with Gasteiger partial charge in [-0.15, -0.1) is 0 Å². The Balaban J connectivity index is 2.75. The SMILES string of the molecule is CC(C)(C)c1cncc2cncn12. The molecule has 2 aromatic rings. The van der Waals surface area contributed by atoms with E-state index in [1.807, 2.05) is 24.9 Å². The minimum absolute atomic E-state index is 0.104. The fourth-order valence-corrected chi connectivity index (χ4v) is 1.40. The van der Waals surface area contributed by atoms with Crippen molar-refractivity contribution < 1.29 is 0 Å². The van der Waals surface area contributed by atoms with Crippen LogP contribution in [0, 0.1) is 0 Å². The molecule has 0 aliphatic rings. The summed E-state index contributed by atoms with van der Waals surface area (Å²) in [5.74, 6) is 0. The van der Waals surface area contributed by atoms with Crippen LogP contribution in [0.4, 0.5) is 0 Å². The lowest BCUT2D eigenvalue weighted by atomic mass is 9.92. The molecule has 3 nitrogen and oxygen atoms in total. The van der Waals surface area contributed by atoms with E-state index >= 15 is 0 Å². The monoisotopic (exact) mass is 175 g/mol. The number of fused-ring (bicyclic) bond motifs is 1. The molecular weight excluding hydrogens is 162 g/mol. The van der Waals surface area contributed by atoms with E-state index in [1.54, 1.807) is 0 Å². The van der Waals surface area contributed by atoms with Crippen LogP contribution in [-0.2, 0) is 5.41 Å². The maximum absolute atomic E-state index is 4.19. The summed E-state index contributed by atoms with van der Waals surface area (Å²) in [5, 5.41) is 0.